The van der Waals surface area contributed by atoms with Crippen LogP contribution in [0, 0.1) is 5.92 Å². The van der Waals surface area contributed by atoms with Crippen LogP contribution in [0.2, 0.25) is 0 Å². The maximum absolute atomic E-state index is 11.7. The summed E-state index contributed by atoms with van der Waals surface area (Å²) in [5.41, 5.74) is 0. The molecule has 7 nitrogen and oxygen atoms in total. The molecule has 1 aliphatic rings. The van der Waals surface area contributed by atoms with Crippen molar-refractivity contribution in [3.63, 3.8) is 0 Å². The number of esters is 1. The number of ether oxygens (including phenoxy) is 2. The summed E-state index contributed by atoms with van der Waals surface area (Å²) in [4.78, 5) is 32.1. The van der Waals surface area contributed by atoms with Crippen molar-refractivity contribution in [3.05, 3.63) is 0 Å². The SMILES string of the molecule is CC(=O)O.CCCC(=O)OC(C)(C)OC(=O)NCC1CCCCC1. The van der Waals surface area contributed by atoms with Crippen LogP contribution in [-0.2, 0) is 19.1 Å². The first-order valence-corrected chi connectivity index (χ1v) is 8.54. The molecule has 0 radical (unpaired) electrons. The first-order valence-electron chi connectivity index (χ1n) is 8.54. The molecule has 0 aromatic carbocycles. The molecule has 0 spiro atoms. The molecule has 0 bridgehead atoms. The Morgan fingerprint density at radius 2 is 1.67 bits per heavy atom. The van der Waals surface area contributed by atoms with Crippen molar-refractivity contribution in [3.8, 4) is 0 Å². The molecule has 1 aliphatic carbocycles. The maximum Gasteiger partial charge on any atom is 0.410 e. The average Bonchev–Trinajstić information content (AvgIpc) is 2.44. The molecule has 1 amide bonds. The van der Waals surface area contributed by atoms with Gasteiger partial charge in [-0.05, 0) is 25.2 Å². The van der Waals surface area contributed by atoms with E-state index in [0.717, 1.165) is 19.8 Å². The lowest BCUT2D eigenvalue weighted by molar-refractivity contribution is -0.194. The summed E-state index contributed by atoms with van der Waals surface area (Å²) in [5.74, 6) is -1.86. The number of hydrogen-bond donors (Lipinski definition) is 2. The predicted molar refractivity (Wildman–Crippen MR) is 89.4 cm³/mol. The molecule has 140 valence electrons. The molecule has 0 unspecified atom stereocenters. The van der Waals surface area contributed by atoms with Crippen LogP contribution in [0.3, 0.4) is 0 Å². The Morgan fingerprint density at radius 1 is 1.12 bits per heavy atom. The van der Waals surface area contributed by atoms with Crippen molar-refractivity contribution >= 4 is 18.0 Å². The normalized spacial score (nSPS) is 14.8. The molecule has 0 aromatic rings. The van der Waals surface area contributed by atoms with Crippen LogP contribution in [0.25, 0.3) is 0 Å². The van der Waals surface area contributed by atoms with Gasteiger partial charge in [0, 0.05) is 33.7 Å². The van der Waals surface area contributed by atoms with Gasteiger partial charge in [-0.2, -0.15) is 0 Å². The van der Waals surface area contributed by atoms with Crippen molar-refractivity contribution in [1.82, 2.24) is 5.32 Å². The molecule has 24 heavy (non-hydrogen) atoms. The molecule has 0 aromatic heterocycles. The van der Waals surface area contributed by atoms with Crippen molar-refractivity contribution in [1.29, 1.82) is 0 Å². The minimum absolute atomic E-state index is 0.330. The summed E-state index contributed by atoms with van der Waals surface area (Å²) in [6.45, 7) is 6.76. The van der Waals surface area contributed by atoms with Gasteiger partial charge in [0.2, 0.25) is 0 Å². The fourth-order valence-electron chi connectivity index (χ4n) is 2.43. The van der Waals surface area contributed by atoms with Crippen LogP contribution in [0.4, 0.5) is 4.79 Å². The van der Waals surface area contributed by atoms with E-state index in [4.69, 9.17) is 19.4 Å². The van der Waals surface area contributed by atoms with Crippen molar-refractivity contribution in [2.45, 2.75) is 78.4 Å². The van der Waals surface area contributed by atoms with Crippen LogP contribution in [0.1, 0.15) is 72.6 Å². The number of nitrogens with one attached hydrogen (secondary N) is 1. The Morgan fingerprint density at radius 3 is 2.17 bits per heavy atom. The molecular weight excluding hydrogens is 314 g/mol. The standard InChI is InChI=1S/C15H27NO4.C2H4O2/c1-4-8-13(17)19-15(2,3)20-14(18)16-11-12-9-6-5-7-10-12;1-2(3)4/h12H,4-11H2,1-3H3,(H,16,18);1H3,(H,3,4). The Kier molecular flexibility index (Phi) is 10.8. The van der Waals surface area contributed by atoms with E-state index in [1.807, 2.05) is 6.92 Å². The van der Waals surface area contributed by atoms with Crippen LogP contribution < -0.4 is 5.32 Å². The number of amides is 1. The molecule has 1 saturated carbocycles. The molecule has 0 heterocycles. The molecule has 2 N–H and O–H groups in total. The number of aliphatic carboxylic acids is 1. The number of hydrogen-bond acceptors (Lipinski definition) is 5. The number of carboxylic acids is 1. The highest BCUT2D eigenvalue weighted by atomic mass is 16.7. The van der Waals surface area contributed by atoms with Crippen molar-refractivity contribution in [2.75, 3.05) is 6.54 Å². The topological polar surface area (TPSA) is 102 Å². The second-order valence-electron chi connectivity index (χ2n) is 6.42. The van der Waals surface area contributed by atoms with E-state index >= 15 is 0 Å². The summed E-state index contributed by atoms with van der Waals surface area (Å²) < 4.78 is 10.3. The van der Waals surface area contributed by atoms with Gasteiger partial charge in [0.25, 0.3) is 11.8 Å². The second kappa shape index (κ2) is 11.7. The molecule has 0 atom stereocenters. The molecule has 1 fully saturated rings. The Hall–Kier alpha value is -1.79. The van der Waals surface area contributed by atoms with E-state index in [2.05, 4.69) is 5.32 Å². The van der Waals surface area contributed by atoms with Gasteiger partial charge in [-0.1, -0.05) is 26.2 Å². The molecule has 1 rings (SSSR count). The van der Waals surface area contributed by atoms with Crippen LogP contribution in [0.15, 0.2) is 0 Å². The van der Waals surface area contributed by atoms with Crippen LogP contribution in [-0.4, -0.2) is 35.5 Å². The number of carbonyl (C=O) groups is 3. The van der Waals surface area contributed by atoms with Gasteiger partial charge in [-0.25, -0.2) is 4.79 Å². The highest BCUT2D eigenvalue weighted by Gasteiger charge is 2.27. The maximum atomic E-state index is 11.7. The largest absolute Gasteiger partial charge is 0.481 e. The lowest BCUT2D eigenvalue weighted by Crippen LogP contribution is -2.39. The number of carboxylic acid groups (broad SMARTS) is 1. The summed E-state index contributed by atoms with van der Waals surface area (Å²) in [5, 5.41) is 10.2. The smallest absolute Gasteiger partial charge is 0.410 e. The Labute approximate surface area is 144 Å². The van der Waals surface area contributed by atoms with Crippen molar-refractivity contribution in [2.24, 2.45) is 5.92 Å². The lowest BCUT2D eigenvalue weighted by atomic mass is 9.89. The first-order chi connectivity index (χ1) is 11.2. The van der Waals surface area contributed by atoms with Gasteiger partial charge in [0.1, 0.15) is 0 Å². The molecular formula is C17H31NO6. The molecule has 0 aliphatic heterocycles. The fourth-order valence-corrected chi connectivity index (χ4v) is 2.43. The van der Waals surface area contributed by atoms with Gasteiger partial charge < -0.3 is 19.9 Å². The Bertz CT molecular complexity index is 398. The van der Waals surface area contributed by atoms with Gasteiger partial charge >= 0.3 is 12.1 Å². The monoisotopic (exact) mass is 345 g/mol. The highest BCUT2D eigenvalue weighted by molar-refractivity contribution is 5.71. The first kappa shape index (κ1) is 22.2. The Balaban J connectivity index is 0.00000118. The minimum atomic E-state index is -1.22. The lowest BCUT2D eigenvalue weighted by Gasteiger charge is -2.26. The third-order valence-corrected chi connectivity index (χ3v) is 3.41. The van der Waals surface area contributed by atoms with Crippen LogP contribution >= 0.6 is 0 Å². The van der Waals surface area contributed by atoms with Gasteiger partial charge in [-0.3, -0.25) is 9.59 Å². The third-order valence-electron chi connectivity index (χ3n) is 3.41. The van der Waals surface area contributed by atoms with E-state index in [0.29, 0.717) is 25.3 Å². The molecule has 0 saturated heterocycles. The number of alkyl carbamates (subject to hydrolysis) is 1. The predicted octanol–water partition coefficient (Wildman–Crippen LogP) is 3.46. The van der Waals surface area contributed by atoms with E-state index in [1.165, 1.54) is 19.3 Å². The highest BCUT2D eigenvalue weighted by Crippen LogP contribution is 2.23. The second-order valence-corrected chi connectivity index (χ2v) is 6.42. The summed E-state index contributed by atoms with van der Waals surface area (Å²) in [7, 11) is 0. The minimum Gasteiger partial charge on any atom is -0.481 e. The number of rotatable bonds is 6. The van der Waals surface area contributed by atoms with Gasteiger partial charge in [0.05, 0.1) is 0 Å². The zero-order valence-corrected chi connectivity index (χ0v) is 15.2. The van der Waals surface area contributed by atoms with E-state index < -0.39 is 17.8 Å². The van der Waals surface area contributed by atoms with Crippen molar-refractivity contribution < 1.29 is 29.0 Å². The van der Waals surface area contributed by atoms with Crippen LogP contribution in [0.5, 0.6) is 0 Å². The van der Waals surface area contributed by atoms with E-state index in [9.17, 15) is 9.59 Å². The van der Waals surface area contributed by atoms with Gasteiger partial charge in [-0.15, -0.1) is 0 Å². The van der Waals surface area contributed by atoms with E-state index in [-0.39, 0.29) is 5.97 Å². The fraction of sp³-hybridized carbons (Fsp3) is 0.824. The summed E-state index contributed by atoms with van der Waals surface area (Å²) >= 11 is 0. The van der Waals surface area contributed by atoms with E-state index in [1.54, 1.807) is 13.8 Å². The molecule has 7 heteroatoms. The third kappa shape index (κ3) is 12.7. The van der Waals surface area contributed by atoms with Gasteiger partial charge in [0.15, 0.2) is 0 Å². The summed E-state index contributed by atoms with van der Waals surface area (Å²) in [6.07, 6.45) is 6.61. The summed E-state index contributed by atoms with van der Waals surface area (Å²) in [6, 6.07) is 0. The quantitative estimate of drug-likeness (QED) is 0.564. The zero-order chi connectivity index (χ0) is 18.6. The average molecular weight is 345 g/mol. The number of carbonyl (C=O) groups excluding carboxylic acids is 2. The zero-order valence-electron chi connectivity index (χ0n) is 15.2.